The topological polar surface area (TPSA) is 64.1 Å². The molecule has 0 aliphatic rings. The van der Waals surface area contributed by atoms with Gasteiger partial charge in [-0.05, 0) is 19.1 Å². The highest BCUT2D eigenvalue weighted by Crippen LogP contribution is 2.22. The van der Waals surface area contributed by atoms with Crippen molar-refractivity contribution in [1.82, 2.24) is 10.2 Å². The fourth-order valence-electron chi connectivity index (χ4n) is 1.49. The van der Waals surface area contributed by atoms with Gasteiger partial charge in [-0.15, -0.1) is 10.2 Å². The van der Waals surface area contributed by atoms with Gasteiger partial charge in [-0.1, -0.05) is 29.2 Å². The molecular formula is C13H15N3O2S2. The maximum Gasteiger partial charge on any atom is 0.225 e. The van der Waals surface area contributed by atoms with E-state index in [1.54, 1.807) is 36.3 Å². The molecule has 20 heavy (non-hydrogen) atoms. The number of rotatable bonds is 6. The number of carbonyl (C=O) groups excluding carboxylic acids is 1. The summed E-state index contributed by atoms with van der Waals surface area (Å²) >= 11 is 3.09. The zero-order valence-electron chi connectivity index (χ0n) is 11.3. The lowest BCUT2D eigenvalue weighted by molar-refractivity contribution is -0.115. The molecule has 2 aromatic rings. The molecule has 1 amide bonds. The van der Waals surface area contributed by atoms with E-state index in [0.717, 1.165) is 20.8 Å². The lowest BCUT2D eigenvalue weighted by Crippen LogP contribution is -2.12. The number of carbonyl (C=O) groups is 1. The Bertz CT molecular complexity index is 587. The van der Waals surface area contributed by atoms with Gasteiger partial charge < -0.3 is 10.1 Å². The summed E-state index contributed by atoms with van der Waals surface area (Å²) < 4.78 is 6.01. The summed E-state index contributed by atoms with van der Waals surface area (Å²) in [6.07, 6.45) is 0.431. The van der Waals surface area contributed by atoms with Crippen LogP contribution in [0.25, 0.3) is 0 Å². The molecule has 0 radical (unpaired) electrons. The highest BCUT2D eigenvalue weighted by molar-refractivity contribution is 8.01. The fraction of sp³-hybridized carbons (Fsp3) is 0.308. The zero-order valence-corrected chi connectivity index (χ0v) is 12.9. The van der Waals surface area contributed by atoms with Gasteiger partial charge in [-0.25, -0.2) is 0 Å². The molecule has 5 nitrogen and oxygen atoms in total. The molecule has 0 spiro atoms. The molecule has 0 saturated carbocycles. The number of amides is 1. The molecule has 106 valence electrons. The van der Waals surface area contributed by atoms with Crippen LogP contribution in [0.2, 0.25) is 0 Å². The van der Waals surface area contributed by atoms with Crippen LogP contribution in [-0.2, 0) is 4.79 Å². The Hall–Kier alpha value is -1.60. The van der Waals surface area contributed by atoms with Crippen molar-refractivity contribution in [2.45, 2.75) is 17.7 Å². The SMILES string of the molecule is COc1cccc(NC(=O)CCSc2nnc(C)s2)c1. The Balaban J connectivity index is 1.77. The predicted octanol–water partition coefficient (Wildman–Crippen LogP) is 2.98. The number of nitrogens with zero attached hydrogens (tertiary/aromatic N) is 2. The van der Waals surface area contributed by atoms with Crippen LogP contribution in [0.5, 0.6) is 5.75 Å². The second-order valence-corrected chi connectivity index (χ2v) is 6.49. The van der Waals surface area contributed by atoms with E-state index < -0.39 is 0 Å². The number of benzene rings is 1. The van der Waals surface area contributed by atoms with E-state index in [0.29, 0.717) is 12.2 Å². The molecule has 1 aromatic carbocycles. The third kappa shape index (κ3) is 4.50. The Labute approximate surface area is 125 Å². The molecule has 0 unspecified atom stereocenters. The first-order valence-corrected chi connectivity index (χ1v) is 7.84. The first-order valence-electron chi connectivity index (χ1n) is 6.04. The van der Waals surface area contributed by atoms with E-state index in [4.69, 9.17) is 4.74 Å². The number of aromatic nitrogens is 2. The predicted molar refractivity (Wildman–Crippen MR) is 81.6 cm³/mol. The van der Waals surface area contributed by atoms with Gasteiger partial charge in [0.25, 0.3) is 0 Å². The summed E-state index contributed by atoms with van der Waals surface area (Å²) in [5.41, 5.74) is 0.742. The molecule has 7 heteroatoms. The lowest BCUT2D eigenvalue weighted by atomic mass is 10.3. The van der Waals surface area contributed by atoms with Gasteiger partial charge in [0.2, 0.25) is 5.91 Å². The molecule has 2 rings (SSSR count). The van der Waals surface area contributed by atoms with Crippen molar-refractivity contribution >= 4 is 34.7 Å². The number of nitrogens with one attached hydrogen (secondary N) is 1. The number of ether oxygens (including phenoxy) is 1. The van der Waals surface area contributed by atoms with Gasteiger partial charge in [0, 0.05) is 23.9 Å². The molecule has 1 N–H and O–H groups in total. The molecule has 0 aliphatic carbocycles. The second-order valence-electron chi connectivity index (χ2n) is 3.97. The smallest absolute Gasteiger partial charge is 0.225 e. The molecular weight excluding hydrogens is 294 g/mol. The van der Waals surface area contributed by atoms with Crippen molar-refractivity contribution in [3.8, 4) is 5.75 Å². The van der Waals surface area contributed by atoms with E-state index in [-0.39, 0.29) is 5.91 Å². The number of methoxy groups -OCH3 is 1. The summed E-state index contributed by atoms with van der Waals surface area (Å²) in [4.78, 5) is 11.8. The second kappa shape index (κ2) is 7.25. The highest BCUT2D eigenvalue weighted by atomic mass is 32.2. The van der Waals surface area contributed by atoms with E-state index >= 15 is 0 Å². The molecule has 0 fully saturated rings. The van der Waals surface area contributed by atoms with Crippen LogP contribution in [0.15, 0.2) is 28.6 Å². The number of hydrogen-bond donors (Lipinski definition) is 1. The van der Waals surface area contributed by atoms with Crippen molar-refractivity contribution in [1.29, 1.82) is 0 Å². The monoisotopic (exact) mass is 309 g/mol. The Morgan fingerprint density at radius 1 is 1.45 bits per heavy atom. The van der Waals surface area contributed by atoms with Gasteiger partial charge >= 0.3 is 0 Å². The van der Waals surface area contributed by atoms with Crippen molar-refractivity contribution in [3.63, 3.8) is 0 Å². The zero-order chi connectivity index (χ0) is 14.4. The van der Waals surface area contributed by atoms with E-state index in [9.17, 15) is 4.79 Å². The molecule has 0 saturated heterocycles. The Kier molecular flexibility index (Phi) is 5.37. The molecule has 0 atom stereocenters. The first-order chi connectivity index (χ1) is 9.67. The average Bonchev–Trinajstić information content (AvgIpc) is 2.84. The molecule has 1 aromatic heterocycles. The average molecular weight is 309 g/mol. The van der Waals surface area contributed by atoms with Gasteiger partial charge in [0.05, 0.1) is 7.11 Å². The minimum absolute atomic E-state index is 0.0213. The summed E-state index contributed by atoms with van der Waals surface area (Å²) in [6, 6.07) is 7.30. The van der Waals surface area contributed by atoms with Gasteiger partial charge in [-0.3, -0.25) is 4.79 Å². The normalized spacial score (nSPS) is 10.3. The number of aryl methyl sites for hydroxylation is 1. The quantitative estimate of drug-likeness (QED) is 0.831. The van der Waals surface area contributed by atoms with E-state index in [1.165, 1.54) is 0 Å². The minimum atomic E-state index is -0.0213. The maximum absolute atomic E-state index is 11.8. The minimum Gasteiger partial charge on any atom is -0.497 e. The molecule has 0 aliphatic heterocycles. The third-order valence-corrected chi connectivity index (χ3v) is 4.39. The van der Waals surface area contributed by atoms with Crippen molar-refractivity contribution in [2.24, 2.45) is 0 Å². The number of thioether (sulfide) groups is 1. The van der Waals surface area contributed by atoms with Gasteiger partial charge in [-0.2, -0.15) is 0 Å². The Morgan fingerprint density at radius 3 is 3.00 bits per heavy atom. The van der Waals surface area contributed by atoms with E-state index in [2.05, 4.69) is 15.5 Å². The standard InChI is InChI=1S/C13H15N3O2S2/c1-9-15-16-13(20-9)19-7-6-12(17)14-10-4-3-5-11(8-10)18-2/h3-5,8H,6-7H2,1-2H3,(H,14,17). The van der Waals surface area contributed by atoms with Crippen LogP contribution in [0, 0.1) is 6.92 Å². The first kappa shape index (κ1) is 14.8. The largest absolute Gasteiger partial charge is 0.497 e. The summed E-state index contributed by atoms with van der Waals surface area (Å²) in [5.74, 6) is 1.39. The van der Waals surface area contributed by atoms with Crippen LogP contribution in [0.3, 0.4) is 0 Å². The Morgan fingerprint density at radius 2 is 2.30 bits per heavy atom. The van der Waals surface area contributed by atoms with Crippen LogP contribution in [0.1, 0.15) is 11.4 Å². The molecule has 0 bridgehead atoms. The summed E-state index contributed by atoms with van der Waals surface area (Å²) in [6.45, 7) is 1.91. The highest BCUT2D eigenvalue weighted by Gasteiger charge is 2.06. The van der Waals surface area contributed by atoms with E-state index in [1.807, 2.05) is 25.1 Å². The fourth-order valence-corrected chi connectivity index (χ4v) is 3.32. The van der Waals surface area contributed by atoms with Crippen molar-refractivity contribution < 1.29 is 9.53 Å². The van der Waals surface area contributed by atoms with Crippen LogP contribution in [0.4, 0.5) is 5.69 Å². The number of hydrogen-bond acceptors (Lipinski definition) is 6. The van der Waals surface area contributed by atoms with Crippen molar-refractivity contribution in [2.75, 3.05) is 18.2 Å². The lowest BCUT2D eigenvalue weighted by Gasteiger charge is -2.06. The van der Waals surface area contributed by atoms with Crippen molar-refractivity contribution in [3.05, 3.63) is 29.3 Å². The van der Waals surface area contributed by atoms with Crippen LogP contribution in [-0.4, -0.2) is 29.0 Å². The van der Waals surface area contributed by atoms with Gasteiger partial charge in [0.1, 0.15) is 10.8 Å². The third-order valence-electron chi connectivity index (χ3n) is 2.42. The van der Waals surface area contributed by atoms with Gasteiger partial charge in [0.15, 0.2) is 4.34 Å². The summed E-state index contributed by atoms with van der Waals surface area (Å²) in [7, 11) is 1.60. The van der Waals surface area contributed by atoms with Crippen LogP contribution >= 0.6 is 23.1 Å². The summed E-state index contributed by atoms with van der Waals surface area (Å²) in [5, 5.41) is 11.7. The number of anilines is 1. The molecule has 1 heterocycles. The maximum atomic E-state index is 11.8. The van der Waals surface area contributed by atoms with Crippen LogP contribution < -0.4 is 10.1 Å².